The highest BCUT2D eigenvalue weighted by atomic mass is 15.3. The first-order valence-electron chi connectivity index (χ1n) is 6.66. The lowest BCUT2D eigenvalue weighted by Crippen LogP contribution is -1.91. The fourth-order valence-electron chi connectivity index (χ4n) is 2.18. The number of hydrazone groups is 1. The quantitative estimate of drug-likeness (QED) is 0.540. The van der Waals surface area contributed by atoms with Crippen LogP contribution in [0.25, 0.3) is 10.8 Å². The van der Waals surface area contributed by atoms with Crippen molar-refractivity contribution in [3.05, 3.63) is 77.9 Å². The predicted molar refractivity (Wildman–Crippen MR) is 86.3 cm³/mol. The van der Waals surface area contributed by atoms with Crippen LogP contribution in [0.5, 0.6) is 0 Å². The molecule has 0 unspecified atom stereocenters. The summed E-state index contributed by atoms with van der Waals surface area (Å²) in [4.78, 5) is 0. The zero-order chi connectivity index (χ0) is 13.8. The Balaban J connectivity index is 1.77. The standard InChI is InChI=1S/C18H16N2/c1-14-5-4-8-18(11-14)20-19-13-15-9-10-16-6-2-3-7-17(16)12-15/h2-13,20H,1H3/b19-13-. The molecule has 0 saturated heterocycles. The Morgan fingerprint density at radius 3 is 2.55 bits per heavy atom. The third-order valence-electron chi connectivity index (χ3n) is 3.20. The van der Waals surface area contributed by atoms with Crippen LogP contribution in [-0.4, -0.2) is 6.21 Å². The number of hydrogen-bond donors (Lipinski definition) is 1. The maximum Gasteiger partial charge on any atom is 0.0564 e. The molecule has 0 aromatic heterocycles. The highest BCUT2D eigenvalue weighted by Gasteiger charge is 1.93. The Labute approximate surface area is 118 Å². The van der Waals surface area contributed by atoms with Crippen molar-refractivity contribution in [2.24, 2.45) is 5.10 Å². The molecule has 20 heavy (non-hydrogen) atoms. The highest BCUT2D eigenvalue weighted by molar-refractivity contribution is 5.90. The van der Waals surface area contributed by atoms with Gasteiger partial charge in [0.05, 0.1) is 11.9 Å². The molecule has 0 spiro atoms. The highest BCUT2D eigenvalue weighted by Crippen LogP contribution is 2.15. The van der Waals surface area contributed by atoms with E-state index in [0.717, 1.165) is 11.3 Å². The summed E-state index contributed by atoms with van der Waals surface area (Å²) in [5, 5.41) is 6.76. The summed E-state index contributed by atoms with van der Waals surface area (Å²) < 4.78 is 0. The Kier molecular flexibility index (Phi) is 3.46. The van der Waals surface area contributed by atoms with Gasteiger partial charge in [-0.3, -0.25) is 5.43 Å². The minimum Gasteiger partial charge on any atom is -0.278 e. The van der Waals surface area contributed by atoms with E-state index in [1.54, 1.807) is 0 Å². The van der Waals surface area contributed by atoms with Crippen molar-refractivity contribution in [2.75, 3.05) is 5.43 Å². The van der Waals surface area contributed by atoms with E-state index >= 15 is 0 Å². The summed E-state index contributed by atoms with van der Waals surface area (Å²) in [6, 6.07) is 22.8. The Morgan fingerprint density at radius 2 is 1.70 bits per heavy atom. The van der Waals surface area contributed by atoms with Gasteiger partial charge in [-0.15, -0.1) is 0 Å². The van der Waals surface area contributed by atoms with Crippen LogP contribution in [0.2, 0.25) is 0 Å². The van der Waals surface area contributed by atoms with Crippen molar-refractivity contribution in [3.8, 4) is 0 Å². The minimum absolute atomic E-state index is 1.00. The van der Waals surface area contributed by atoms with E-state index in [-0.39, 0.29) is 0 Å². The number of aryl methyl sites for hydroxylation is 1. The predicted octanol–water partition coefficient (Wildman–Crippen LogP) is 4.59. The van der Waals surface area contributed by atoms with Crippen molar-refractivity contribution in [3.63, 3.8) is 0 Å². The van der Waals surface area contributed by atoms with Gasteiger partial charge in [0.25, 0.3) is 0 Å². The second-order valence-electron chi connectivity index (χ2n) is 4.85. The van der Waals surface area contributed by atoms with Crippen LogP contribution in [0.3, 0.4) is 0 Å². The van der Waals surface area contributed by atoms with Crippen LogP contribution in [0.1, 0.15) is 11.1 Å². The number of hydrogen-bond acceptors (Lipinski definition) is 2. The number of nitrogens with one attached hydrogen (secondary N) is 1. The lowest BCUT2D eigenvalue weighted by molar-refractivity contribution is 1.33. The smallest absolute Gasteiger partial charge is 0.0564 e. The third-order valence-corrected chi connectivity index (χ3v) is 3.20. The lowest BCUT2D eigenvalue weighted by Gasteiger charge is -2.01. The van der Waals surface area contributed by atoms with Gasteiger partial charge in [-0.25, -0.2) is 0 Å². The average Bonchev–Trinajstić information content (AvgIpc) is 2.47. The average molecular weight is 260 g/mol. The van der Waals surface area contributed by atoms with E-state index < -0.39 is 0 Å². The summed E-state index contributed by atoms with van der Waals surface area (Å²) in [5.41, 5.74) is 6.36. The van der Waals surface area contributed by atoms with Gasteiger partial charge >= 0.3 is 0 Å². The van der Waals surface area contributed by atoms with Crippen LogP contribution in [-0.2, 0) is 0 Å². The van der Waals surface area contributed by atoms with Crippen LogP contribution in [0, 0.1) is 6.92 Å². The SMILES string of the molecule is Cc1cccc(N/N=C\c2ccc3ccccc3c2)c1. The molecule has 0 amide bonds. The molecule has 3 aromatic carbocycles. The van der Waals surface area contributed by atoms with E-state index in [9.17, 15) is 0 Å². The van der Waals surface area contributed by atoms with Crippen LogP contribution in [0.15, 0.2) is 71.8 Å². The molecule has 2 heteroatoms. The Morgan fingerprint density at radius 1 is 0.850 bits per heavy atom. The second-order valence-corrected chi connectivity index (χ2v) is 4.85. The van der Waals surface area contributed by atoms with Gasteiger partial charge in [0.15, 0.2) is 0 Å². The fourth-order valence-corrected chi connectivity index (χ4v) is 2.18. The first-order valence-corrected chi connectivity index (χ1v) is 6.66. The van der Waals surface area contributed by atoms with E-state index in [2.05, 4.69) is 66.0 Å². The van der Waals surface area contributed by atoms with Gasteiger partial charge in [0.2, 0.25) is 0 Å². The molecule has 0 aliphatic rings. The molecule has 0 aliphatic heterocycles. The molecule has 0 fully saturated rings. The van der Waals surface area contributed by atoms with Gasteiger partial charge in [-0.05, 0) is 47.0 Å². The molecule has 0 aliphatic carbocycles. The van der Waals surface area contributed by atoms with E-state index in [0.29, 0.717) is 0 Å². The third kappa shape index (κ3) is 2.86. The minimum atomic E-state index is 1.00. The molecule has 0 heterocycles. The summed E-state index contributed by atoms with van der Waals surface area (Å²) in [5.74, 6) is 0. The zero-order valence-corrected chi connectivity index (χ0v) is 11.4. The van der Waals surface area contributed by atoms with Crippen molar-refractivity contribution in [2.45, 2.75) is 6.92 Å². The summed E-state index contributed by atoms with van der Waals surface area (Å²) >= 11 is 0. The Hall–Kier alpha value is -2.61. The maximum atomic E-state index is 4.28. The van der Waals surface area contributed by atoms with E-state index in [4.69, 9.17) is 0 Å². The second kappa shape index (κ2) is 5.57. The Bertz CT molecular complexity index is 760. The zero-order valence-electron chi connectivity index (χ0n) is 11.4. The topological polar surface area (TPSA) is 24.4 Å². The van der Waals surface area contributed by atoms with E-state index in [1.165, 1.54) is 16.3 Å². The summed E-state index contributed by atoms with van der Waals surface area (Å²) in [6.45, 7) is 2.07. The number of nitrogens with zero attached hydrogens (tertiary/aromatic N) is 1. The molecule has 98 valence electrons. The molecule has 0 atom stereocenters. The van der Waals surface area contributed by atoms with Gasteiger partial charge in [-0.2, -0.15) is 5.10 Å². The molecule has 0 bridgehead atoms. The van der Waals surface area contributed by atoms with E-state index in [1.807, 2.05) is 24.4 Å². The van der Waals surface area contributed by atoms with Crippen LogP contribution < -0.4 is 5.43 Å². The van der Waals surface area contributed by atoms with Gasteiger partial charge in [-0.1, -0.05) is 48.5 Å². The largest absolute Gasteiger partial charge is 0.278 e. The molecule has 3 rings (SSSR count). The molecule has 2 nitrogen and oxygen atoms in total. The summed E-state index contributed by atoms with van der Waals surface area (Å²) in [6.07, 6.45) is 1.84. The number of rotatable bonds is 3. The number of anilines is 1. The normalized spacial score (nSPS) is 11.1. The number of fused-ring (bicyclic) bond motifs is 1. The van der Waals surface area contributed by atoms with Gasteiger partial charge < -0.3 is 0 Å². The van der Waals surface area contributed by atoms with Gasteiger partial charge in [0, 0.05) is 0 Å². The molecule has 1 N–H and O–H groups in total. The molecule has 3 aromatic rings. The van der Waals surface area contributed by atoms with Crippen molar-refractivity contribution in [1.29, 1.82) is 0 Å². The van der Waals surface area contributed by atoms with Crippen molar-refractivity contribution >= 4 is 22.7 Å². The first kappa shape index (κ1) is 12.4. The number of benzene rings is 3. The molecule has 0 saturated carbocycles. The molecular formula is C18H16N2. The monoisotopic (exact) mass is 260 g/mol. The van der Waals surface area contributed by atoms with Crippen molar-refractivity contribution < 1.29 is 0 Å². The van der Waals surface area contributed by atoms with Crippen LogP contribution in [0.4, 0.5) is 5.69 Å². The lowest BCUT2D eigenvalue weighted by atomic mass is 10.1. The van der Waals surface area contributed by atoms with Crippen molar-refractivity contribution in [1.82, 2.24) is 0 Å². The fraction of sp³-hybridized carbons (Fsp3) is 0.0556. The molecule has 0 radical (unpaired) electrons. The first-order chi connectivity index (χ1) is 9.81. The maximum absolute atomic E-state index is 4.28. The van der Waals surface area contributed by atoms with Crippen LogP contribution >= 0.6 is 0 Å². The molecular weight excluding hydrogens is 244 g/mol. The summed E-state index contributed by atoms with van der Waals surface area (Å²) in [7, 11) is 0. The van der Waals surface area contributed by atoms with Gasteiger partial charge in [0.1, 0.15) is 0 Å².